The van der Waals surface area contributed by atoms with Crippen LogP contribution in [0.15, 0.2) is 58.3 Å². The van der Waals surface area contributed by atoms with E-state index in [4.69, 9.17) is 10.2 Å². The zero-order valence-corrected chi connectivity index (χ0v) is 17.5. The minimum atomic E-state index is -0.758. The maximum absolute atomic E-state index is 12.6. The number of thiazole rings is 1. The summed E-state index contributed by atoms with van der Waals surface area (Å²) in [5.41, 5.74) is 10.3. The number of nitrogens with one attached hydrogen (secondary N) is 2. The largest absolute Gasteiger partial charge is 0.461 e. The van der Waals surface area contributed by atoms with E-state index in [1.807, 2.05) is 60.8 Å². The van der Waals surface area contributed by atoms with Crippen LogP contribution in [0.25, 0.3) is 22.2 Å². The SMILES string of the molecule is CC1C(=O)Nc2ccc(-c3csc(NC(=O)C(N)Cc4cc5ccccc5o4)n3)cc21. The van der Waals surface area contributed by atoms with Gasteiger partial charge in [0.05, 0.1) is 17.7 Å². The summed E-state index contributed by atoms with van der Waals surface area (Å²) < 4.78 is 5.75. The highest BCUT2D eigenvalue weighted by Crippen LogP contribution is 2.36. The van der Waals surface area contributed by atoms with Gasteiger partial charge < -0.3 is 20.8 Å². The van der Waals surface area contributed by atoms with Crippen LogP contribution in [-0.4, -0.2) is 22.8 Å². The van der Waals surface area contributed by atoms with Gasteiger partial charge in [0.25, 0.3) is 0 Å². The molecule has 4 N–H and O–H groups in total. The molecule has 2 unspecified atom stereocenters. The quantitative estimate of drug-likeness (QED) is 0.439. The van der Waals surface area contributed by atoms with Crippen molar-refractivity contribution in [2.45, 2.75) is 25.3 Å². The molecule has 0 aliphatic carbocycles. The van der Waals surface area contributed by atoms with Gasteiger partial charge in [-0.3, -0.25) is 9.59 Å². The Kier molecular flexibility index (Phi) is 4.80. The molecule has 4 aromatic rings. The van der Waals surface area contributed by atoms with Gasteiger partial charge in [-0.15, -0.1) is 11.3 Å². The van der Waals surface area contributed by atoms with Crippen molar-refractivity contribution >= 4 is 44.9 Å². The smallest absolute Gasteiger partial charge is 0.243 e. The third-order valence-corrected chi connectivity index (χ3v) is 6.19. The molecule has 3 heterocycles. The number of hydrogen-bond donors (Lipinski definition) is 3. The number of rotatable bonds is 5. The normalized spacial score (nSPS) is 16.2. The lowest BCUT2D eigenvalue weighted by Gasteiger charge is -2.09. The molecule has 0 saturated heterocycles. The summed E-state index contributed by atoms with van der Waals surface area (Å²) in [7, 11) is 0. The second-order valence-electron chi connectivity index (χ2n) is 7.60. The highest BCUT2D eigenvalue weighted by molar-refractivity contribution is 7.14. The van der Waals surface area contributed by atoms with E-state index in [0.29, 0.717) is 17.3 Å². The molecule has 0 bridgehead atoms. The Balaban J connectivity index is 1.27. The standard InChI is InChI=1S/C23H20N4O3S/c1-12-16-9-13(6-7-18(16)25-21(12)28)19-11-31-23(26-19)27-22(29)17(24)10-15-8-14-4-2-3-5-20(14)30-15/h2-9,11-12,17H,10,24H2,1H3,(H,25,28)(H,26,27,29). The van der Waals surface area contributed by atoms with Gasteiger partial charge in [0.15, 0.2) is 5.13 Å². The number of amides is 2. The van der Waals surface area contributed by atoms with E-state index < -0.39 is 6.04 Å². The summed E-state index contributed by atoms with van der Waals surface area (Å²) in [5.74, 6) is 0.152. The fraction of sp³-hybridized carbons (Fsp3) is 0.174. The first-order valence-electron chi connectivity index (χ1n) is 9.92. The second-order valence-corrected chi connectivity index (χ2v) is 8.46. The third-order valence-electron chi connectivity index (χ3n) is 5.43. The van der Waals surface area contributed by atoms with Crippen LogP contribution in [-0.2, 0) is 16.0 Å². The fourth-order valence-corrected chi connectivity index (χ4v) is 4.41. The number of carbonyl (C=O) groups is 2. The number of anilines is 2. The van der Waals surface area contributed by atoms with Crippen molar-refractivity contribution in [1.29, 1.82) is 0 Å². The Bertz CT molecular complexity index is 1280. The van der Waals surface area contributed by atoms with E-state index in [0.717, 1.165) is 33.5 Å². The molecule has 31 heavy (non-hydrogen) atoms. The van der Waals surface area contributed by atoms with Crippen LogP contribution in [0, 0.1) is 0 Å². The molecule has 5 rings (SSSR count). The first-order chi connectivity index (χ1) is 15.0. The van der Waals surface area contributed by atoms with Gasteiger partial charge in [0, 0.05) is 28.4 Å². The summed E-state index contributed by atoms with van der Waals surface area (Å²) >= 11 is 1.33. The molecule has 156 valence electrons. The highest BCUT2D eigenvalue weighted by Gasteiger charge is 2.27. The molecule has 0 radical (unpaired) electrons. The van der Waals surface area contributed by atoms with Gasteiger partial charge in [-0.1, -0.05) is 24.3 Å². The summed E-state index contributed by atoms with van der Waals surface area (Å²) in [6, 6.07) is 14.6. The molecule has 2 aromatic carbocycles. The molecule has 2 amide bonds. The Morgan fingerprint density at radius 3 is 2.97 bits per heavy atom. The third kappa shape index (κ3) is 3.71. The number of hydrogen-bond acceptors (Lipinski definition) is 6. The molecule has 0 saturated carbocycles. The van der Waals surface area contributed by atoms with Crippen molar-refractivity contribution in [3.05, 3.63) is 65.2 Å². The maximum Gasteiger partial charge on any atom is 0.243 e. The van der Waals surface area contributed by atoms with Gasteiger partial charge in [-0.05, 0) is 36.8 Å². The van der Waals surface area contributed by atoms with Crippen molar-refractivity contribution in [3.8, 4) is 11.3 Å². The Hall–Kier alpha value is -3.49. The number of fused-ring (bicyclic) bond motifs is 2. The van der Waals surface area contributed by atoms with E-state index in [9.17, 15) is 9.59 Å². The molecule has 1 aliphatic heterocycles. The molecular weight excluding hydrogens is 412 g/mol. The summed E-state index contributed by atoms with van der Waals surface area (Å²) in [4.78, 5) is 28.9. The van der Waals surface area contributed by atoms with Crippen LogP contribution in [0.1, 0.15) is 24.2 Å². The van der Waals surface area contributed by atoms with Crippen LogP contribution in [0.4, 0.5) is 10.8 Å². The zero-order valence-electron chi connectivity index (χ0n) is 16.7. The molecule has 8 heteroatoms. The first kappa shape index (κ1) is 19.5. The van der Waals surface area contributed by atoms with Gasteiger partial charge in [-0.25, -0.2) is 4.98 Å². The molecular formula is C23H20N4O3S. The van der Waals surface area contributed by atoms with Crippen LogP contribution in [0.2, 0.25) is 0 Å². The van der Waals surface area contributed by atoms with E-state index in [-0.39, 0.29) is 17.7 Å². The number of para-hydroxylation sites is 1. The van der Waals surface area contributed by atoms with Crippen LogP contribution in [0.5, 0.6) is 0 Å². The molecule has 1 aliphatic rings. The number of furan rings is 1. The average Bonchev–Trinajstić information content (AvgIpc) is 3.45. The van der Waals surface area contributed by atoms with E-state index >= 15 is 0 Å². The number of nitrogens with zero attached hydrogens (tertiary/aromatic N) is 1. The lowest BCUT2D eigenvalue weighted by Crippen LogP contribution is -2.37. The summed E-state index contributed by atoms with van der Waals surface area (Å²) in [6.07, 6.45) is 0.294. The van der Waals surface area contributed by atoms with Crippen molar-refractivity contribution in [2.24, 2.45) is 5.73 Å². The number of nitrogens with two attached hydrogens (primary N) is 1. The van der Waals surface area contributed by atoms with Gasteiger partial charge in [0.2, 0.25) is 11.8 Å². The first-order valence-corrected chi connectivity index (χ1v) is 10.8. The van der Waals surface area contributed by atoms with Gasteiger partial charge in [-0.2, -0.15) is 0 Å². The highest BCUT2D eigenvalue weighted by atomic mass is 32.1. The second kappa shape index (κ2) is 7.64. The average molecular weight is 433 g/mol. The van der Waals surface area contributed by atoms with Crippen molar-refractivity contribution in [3.63, 3.8) is 0 Å². The Morgan fingerprint density at radius 1 is 1.29 bits per heavy atom. The van der Waals surface area contributed by atoms with Crippen molar-refractivity contribution < 1.29 is 14.0 Å². The molecule has 2 atom stereocenters. The Labute approximate surface area is 182 Å². The minimum Gasteiger partial charge on any atom is -0.461 e. The minimum absolute atomic E-state index is 0.00294. The number of benzene rings is 2. The van der Waals surface area contributed by atoms with Gasteiger partial charge in [0.1, 0.15) is 11.3 Å². The van der Waals surface area contributed by atoms with Crippen molar-refractivity contribution in [1.82, 2.24) is 4.98 Å². The predicted molar refractivity (Wildman–Crippen MR) is 121 cm³/mol. The molecule has 2 aromatic heterocycles. The maximum atomic E-state index is 12.6. The zero-order chi connectivity index (χ0) is 21.5. The van der Waals surface area contributed by atoms with E-state index in [2.05, 4.69) is 15.6 Å². The van der Waals surface area contributed by atoms with E-state index in [1.165, 1.54) is 11.3 Å². The summed E-state index contributed by atoms with van der Waals surface area (Å²) in [5, 5.41) is 8.98. The molecule has 7 nitrogen and oxygen atoms in total. The van der Waals surface area contributed by atoms with E-state index in [1.54, 1.807) is 0 Å². The monoisotopic (exact) mass is 432 g/mol. The number of carbonyl (C=O) groups excluding carboxylic acids is 2. The number of aromatic nitrogens is 1. The predicted octanol–water partition coefficient (Wildman–Crippen LogP) is 4.12. The lowest BCUT2D eigenvalue weighted by atomic mass is 10.00. The lowest BCUT2D eigenvalue weighted by molar-refractivity contribution is -0.117. The summed E-state index contributed by atoms with van der Waals surface area (Å²) in [6.45, 7) is 1.88. The Morgan fingerprint density at radius 2 is 2.13 bits per heavy atom. The molecule has 0 spiro atoms. The topological polar surface area (TPSA) is 110 Å². The fourth-order valence-electron chi connectivity index (χ4n) is 3.69. The van der Waals surface area contributed by atoms with Crippen LogP contribution < -0.4 is 16.4 Å². The van der Waals surface area contributed by atoms with Crippen molar-refractivity contribution in [2.75, 3.05) is 10.6 Å². The van der Waals surface area contributed by atoms with Crippen LogP contribution in [0.3, 0.4) is 0 Å². The molecule has 0 fully saturated rings. The van der Waals surface area contributed by atoms with Crippen LogP contribution >= 0.6 is 11.3 Å². The van der Waals surface area contributed by atoms with Gasteiger partial charge >= 0.3 is 0 Å².